The van der Waals surface area contributed by atoms with Crippen molar-refractivity contribution in [2.24, 2.45) is 0 Å². The zero-order valence-electron chi connectivity index (χ0n) is 24.5. The molecule has 5 rings (SSSR count). The highest BCUT2D eigenvalue weighted by Crippen LogP contribution is 2.34. The van der Waals surface area contributed by atoms with Crippen LogP contribution in [0, 0.1) is 6.92 Å². The third-order valence-electron chi connectivity index (χ3n) is 7.17. The lowest BCUT2D eigenvalue weighted by atomic mass is 10.0. The van der Waals surface area contributed by atoms with Gasteiger partial charge in [-0.2, -0.15) is 5.21 Å². The number of carbonyl (C=O) groups excluding carboxylic acids is 2. The molecule has 1 atom stereocenters. The first kappa shape index (κ1) is 28.7. The molecule has 0 aliphatic rings. The molecular formula is C31H35N7O4. The van der Waals surface area contributed by atoms with Crippen LogP contribution in [0.2, 0.25) is 0 Å². The molecule has 2 aromatic carbocycles. The molecule has 3 heterocycles. The molecular weight excluding hydrogens is 534 g/mol. The van der Waals surface area contributed by atoms with Crippen molar-refractivity contribution in [2.45, 2.75) is 73.3 Å². The van der Waals surface area contributed by atoms with E-state index in [1.54, 1.807) is 19.1 Å². The molecule has 11 nitrogen and oxygen atoms in total. The molecule has 0 aliphatic heterocycles. The molecule has 1 N–H and O–H groups in total. The Morgan fingerprint density at radius 1 is 1.02 bits per heavy atom. The number of tetrazole rings is 1. The number of hydrogen-bond donors (Lipinski definition) is 1. The number of carbonyl (C=O) groups is 2. The Morgan fingerprint density at radius 3 is 2.48 bits per heavy atom. The molecule has 0 amide bonds. The SMILES string of the molecule is CCCc1nc2cccc(C(=O)OC(C)OC(=O)CC)c2n1Cc1ccc(-c2c(-c3nn[nH]n3)cc(C)n2CC)cc1. The number of nitrogens with zero attached hydrogens (tertiary/aromatic N) is 6. The molecule has 0 radical (unpaired) electrons. The Kier molecular flexibility index (Phi) is 8.46. The first-order valence-corrected chi connectivity index (χ1v) is 14.3. The number of fused-ring (bicyclic) bond motifs is 1. The standard InChI is InChI=1S/C31H35N7O4/c1-6-10-26-32-25-12-9-11-23(31(40)42-20(5)41-27(39)7-2)29(25)38(26)18-21-13-15-22(16-14-21)28-24(30-33-35-36-34-30)17-19(4)37(28)8-3/h9,11-17,20H,6-8,10,18H2,1-5H3,(H,33,34,35,36). The first-order valence-electron chi connectivity index (χ1n) is 14.3. The summed E-state index contributed by atoms with van der Waals surface area (Å²) in [7, 11) is 0. The van der Waals surface area contributed by atoms with Gasteiger partial charge in [0.25, 0.3) is 0 Å². The minimum atomic E-state index is -0.998. The molecule has 0 spiro atoms. The lowest BCUT2D eigenvalue weighted by molar-refractivity contribution is -0.165. The maximum Gasteiger partial charge on any atom is 0.343 e. The normalized spacial score (nSPS) is 12.0. The summed E-state index contributed by atoms with van der Waals surface area (Å²) in [4.78, 5) is 29.8. The van der Waals surface area contributed by atoms with Crippen molar-refractivity contribution in [3.8, 4) is 22.6 Å². The van der Waals surface area contributed by atoms with E-state index in [1.807, 2.05) is 6.07 Å². The van der Waals surface area contributed by atoms with E-state index in [9.17, 15) is 9.59 Å². The Balaban J connectivity index is 1.49. The van der Waals surface area contributed by atoms with Gasteiger partial charge in [-0.1, -0.05) is 44.2 Å². The smallest absolute Gasteiger partial charge is 0.343 e. The fourth-order valence-corrected chi connectivity index (χ4v) is 5.28. The lowest BCUT2D eigenvalue weighted by Gasteiger charge is -2.16. The summed E-state index contributed by atoms with van der Waals surface area (Å²) in [5, 5.41) is 14.7. The molecule has 5 aromatic rings. The number of para-hydroxylation sites is 1. The number of benzene rings is 2. The van der Waals surface area contributed by atoms with Crippen molar-refractivity contribution in [3.05, 3.63) is 71.2 Å². The Bertz CT molecular complexity index is 1700. The largest absolute Gasteiger partial charge is 0.425 e. The monoisotopic (exact) mass is 569 g/mol. The number of nitrogens with one attached hydrogen (secondary N) is 1. The number of aromatic nitrogens is 7. The summed E-state index contributed by atoms with van der Waals surface area (Å²) in [6.45, 7) is 10.8. The fraction of sp³-hybridized carbons (Fsp3) is 0.355. The van der Waals surface area contributed by atoms with Gasteiger partial charge in [-0.25, -0.2) is 9.78 Å². The molecule has 0 saturated heterocycles. The van der Waals surface area contributed by atoms with Gasteiger partial charge in [0.1, 0.15) is 5.82 Å². The lowest BCUT2D eigenvalue weighted by Crippen LogP contribution is -2.22. The van der Waals surface area contributed by atoms with E-state index in [1.165, 1.54) is 6.92 Å². The molecule has 11 heteroatoms. The van der Waals surface area contributed by atoms with Gasteiger partial charge in [-0.15, -0.1) is 10.2 Å². The van der Waals surface area contributed by atoms with Crippen LogP contribution in [0.4, 0.5) is 0 Å². The van der Waals surface area contributed by atoms with E-state index in [0.717, 1.165) is 53.3 Å². The van der Waals surface area contributed by atoms with Crippen LogP contribution in [-0.4, -0.2) is 53.0 Å². The van der Waals surface area contributed by atoms with Gasteiger partial charge < -0.3 is 18.6 Å². The molecule has 1 unspecified atom stereocenters. The minimum absolute atomic E-state index is 0.200. The third kappa shape index (κ3) is 5.67. The maximum absolute atomic E-state index is 13.2. The average Bonchev–Trinajstić information content (AvgIpc) is 3.71. The zero-order valence-corrected chi connectivity index (χ0v) is 24.5. The predicted octanol–water partition coefficient (Wildman–Crippen LogP) is 5.47. The van der Waals surface area contributed by atoms with E-state index in [2.05, 4.69) is 80.9 Å². The molecule has 0 fully saturated rings. The Labute approximate surface area is 243 Å². The summed E-state index contributed by atoms with van der Waals surface area (Å²) in [6, 6.07) is 15.9. The van der Waals surface area contributed by atoms with E-state index in [4.69, 9.17) is 14.5 Å². The first-order chi connectivity index (χ1) is 20.3. The van der Waals surface area contributed by atoms with Gasteiger partial charge in [0.15, 0.2) is 0 Å². The van der Waals surface area contributed by atoms with Crippen molar-refractivity contribution >= 4 is 23.0 Å². The third-order valence-corrected chi connectivity index (χ3v) is 7.17. The molecule has 3 aromatic heterocycles. The van der Waals surface area contributed by atoms with Crippen molar-refractivity contribution in [2.75, 3.05) is 0 Å². The van der Waals surface area contributed by atoms with Gasteiger partial charge in [0.2, 0.25) is 12.1 Å². The predicted molar refractivity (Wildman–Crippen MR) is 158 cm³/mol. The van der Waals surface area contributed by atoms with E-state index in [-0.39, 0.29) is 6.42 Å². The van der Waals surface area contributed by atoms with Crippen molar-refractivity contribution in [3.63, 3.8) is 0 Å². The van der Waals surface area contributed by atoms with Crippen molar-refractivity contribution in [1.29, 1.82) is 0 Å². The van der Waals surface area contributed by atoms with Gasteiger partial charge in [-0.3, -0.25) is 4.79 Å². The minimum Gasteiger partial charge on any atom is -0.425 e. The van der Waals surface area contributed by atoms with E-state index < -0.39 is 18.2 Å². The van der Waals surface area contributed by atoms with Crippen LogP contribution in [0.15, 0.2) is 48.5 Å². The second-order valence-corrected chi connectivity index (χ2v) is 10.1. The number of rotatable bonds is 11. The van der Waals surface area contributed by atoms with Crippen LogP contribution in [-0.2, 0) is 33.8 Å². The van der Waals surface area contributed by atoms with Crippen molar-refractivity contribution < 1.29 is 19.1 Å². The number of aromatic amines is 1. The number of aryl methyl sites for hydroxylation is 2. The van der Waals surface area contributed by atoms with Gasteiger partial charge in [0, 0.05) is 44.1 Å². The molecule has 0 aliphatic carbocycles. The second kappa shape index (κ2) is 12.4. The van der Waals surface area contributed by atoms with Crippen LogP contribution >= 0.6 is 0 Å². The van der Waals surface area contributed by atoms with E-state index in [0.29, 0.717) is 29.0 Å². The van der Waals surface area contributed by atoms with Crippen LogP contribution in [0.5, 0.6) is 0 Å². The number of ether oxygens (including phenoxy) is 2. The van der Waals surface area contributed by atoms with Crippen LogP contribution in [0.1, 0.15) is 68.0 Å². The Morgan fingerprint density at radius 2 is 1.81 bits per heavy atom. The fourth-order valence-electron chi connectivity index (χ4n) is 5.28. The maximum atomic E-state index is 13.2. The summed E-state index contributed by atoms with van der Waals surface area (Å²) in [5.74, 6) is 0.438. The molecule has 218 valence electrons. The Hall–Kier alpha value is -4.80. The average molecular weight is 570 g/mol. The highest BCUT2D eigenvalue weighted by molar-refractivity contribution is 6.02. The number of H-pyrrole nitrogens is 1. The molecule has 0 bridgehead atoms. The van der Waals surface area contributed by atoms with Crippen LogP contribution in [0.25, 0.3) is 33.7 Å². The summed E-state index contributed by atoms with van der Waals surface area (Å²) < 4.78 is 14.9. The van der Waals surface area contributed by atoms with Gasteiger partial charge >= 0.3 is 11.9 Å². The highest BCUT2D eigenvalue weighted by Gasteiger charge is 2.22. The topological polar surface area (TPSA) is 130 Å². The number of esters is 2. The number of hydrogen-bond acceptors (Lipinski definition) is 8. The molecule has 42 heavy (non-hydrogen) atoms. The van der Waals surface area contributed by atoms with Crippen LogP contribution in [0.3, 0.4) is 0 Å². The van der Waals surface area contributed by atoms with E-state index >= 15 is 0 Å². The highest BCUT2D eigenvalue weighted by atomic mass is 16.7. The summed E-state index contributed by atoms with van der Waals surface area (Å²) >= 11 is 0. The summed E-state index contributed by atoms with van der Waals surface area (Å²) in [5.41, 5.74) is 6.94. The van der Waals surface area contributed by atoms with Crippen molar-refractivity contribution in [1.82, 2.24) is 34.7 Å². The van der Waals surface area contributed by atoms with Gasteiger partial charge in [0.05, 0.1) is 22.3 Å². The van der Waals surface area contributed by atoms with Gasteiger partial charge in [-0.05, 0) is 54.8 Å². The molecule has 0 saturated carbocycles. The summed E-state index contributed by atoms with van der Waals surface area (Å²) in [6.07, 6.45) is 0.856. The zero-order chi connectivity index (χ0) is 29.8. The second-order valence-electron chi connectivity index (χ2n) is 10.1. The quantitative estimate of drug-likeness (QED) is 0.164. The van der Waals surface area contributed by atoms with Crippen LogP contribution < -0.4 is 0 Å². The number of imidazole rings is 1.